The molecule has 0 bridgehead atoms. The van der Waals surface area contributed by atoms with Gasteiger partial charge >= 0.3 is 29.3 Å². The van der Waals surface area contributed by atoms with Crippen LogP contribution in [0.3, 0.4) is 0 Å². The van der Waals surface area contributed by atoms with Crippen LogP contribution in [0.25, 0.3) is 0 Å². The first-order valence-electron chi connectivity index (χ1n) is 4.79. The van der Waals surface area contributed by atoms with Gasteiger partial charge in [-0.1, -0.05) is 0 Å². The van der Waals surface area contributed by atoms with E-state index >= 15 is 0 Å². The average molecular weight is 300 g/mol. The topological polar surface area (TPSA) is 198 Å². The highest BCUT2D eigenvalue weighted by molar-refractivity contribution is 6.12. The maximum atomic E-state index is 11.0. The van der Waals surface area contributed by atoms with Crippen molar-refractivity contribution in [2.24, 2.45) is 0 Å². The molecule has 0 fully saturated rings. The predicted octanol–water partition coefficient (Wildman–Crippen LogP) is 0.598. The van der Waals surface area contributed by atoms with Crippen molar-refractivity contribution < 1.29 is 39.5 Å². The van der Waals surface area contributed by atoms with Gasteiger partial charge in [0.2, 0.25) is 0 Å². The number of carboxylic acids is 3. The van der Waals surface area contributed by atoms with E-state index in [1.54, 1.807) is 0 Å². The summed E-state index contributed by atoms with van der Waals surface area (Å²) in [7, 11) is 0. The highest BCUT2D eigenvalue weighted by atomic mass is 16.6. The van der Waals surface area contributed by atoms with Crippen molar-refractivity contribution in [2.45, 2.75) is 0 Å². The Morgan fingerprint density at radius 2 is 1.33 bits per heavy atom. The lowest BCUT2D eigenvalue weighted by Gasteiger charge is -2.07. The van der Waals surface area contributed by atoms with E-state index < -0.39 is 55.8 Å². The van der Waals surface area contributed by atoms with Gasteiger partial charge in [-0.05, 0) is 0 Å². The van der Waals surface area contributed by atoms with Crippen molar-refractivity contribution in [1.82, 2.24) is 0 Å². The molecule has 0 saturated carbocycles. The van der Waals surface area contributed by atoms with Gasteiger partial charge in [0.25, 0.3) is 0 Å². The van der Waals surface area contributed by atoms with E-state index in [1.165, 1.54) is 0 Å². The molecule has 0 unspecified atom stereocenters. The Hall–Kier alpha value is -3.57. The summed E-state index contributed by atoms with van der Waals surface area (Å²) in [6, 6.07) is 0.135. The fraction of sp³-hybridized carbons (Fsp3) is 0. The molecular weight excluding hydrogens is 296 g/mol. The summed E-state index contributed by atoms with van der Waals surface area (Å²) in [5, 5.41) is 48.1. The number of nitro groups is 2. The molecule has 0 aliphatic rings. The smallest absolute Gasteiger partial charge is 0.361 e. The molecule has 1 rings (SSSR count). The van der Waals surface area contributed by atoms with Crippen LogP contribution in [0.1, 0.15) is 31.1 Å². The lowest BCUT2D eigenvalue weighted by molar-refractivity contribution is -0.422. The second kappa shape index (κ2) is 5.20. The second-order valence-corrected chi connectivity index (χ2v) is 3.47. The zero-order valence-electron chi connectivity index (χ0n) is 9.67. The van der Waals surface area contributed by atoms with Gasteiger partial charge in [0.05, 0.1) is 21.0 Å². The Balaban J connectivity index is 4.13. The van der Waals surface area contributed by atoms with Crippen LogP contribution in [-0.4, -0.2) is 43.1 Å². The maximum Gasteiger partial charge on any atom is 0.361 e. The second-order valence-electron chi connectivity index (χ2n) is 3.47. The standard InChI is InChI=1S/C9H4N2O10/c12-7(13)2-1-3(10(18)19)6(11(20)21)5(9(16)17)4(2)8(14)15/h1H,(H,12,13)(H,14,15)(H,16,17). The number of benzene rings is 1. The first-order chi connectivity index (χ1) is 9.59. The number of aromatic carboxylic acids is 3. The molecule has 1 aromatic carbocycles. The molecule has 0 atom stereocenters. The molecular formula is C9H4N2O10. The lowest BCUT2D eigenvalue weighted by atomic mass is 9.97. The third-order valence-corrected chi connectivity index (χ3v) is 2.32. The van der Waals surface area contributed by atoms with Crippen molar-refractivity contribution in [3.05, 3.63) is 43.0 Å². The van der Waals surface area contributed by atoms with Crippen molar-refractivity contribution >= 4 is 29.3 Å². The summed E-state index contributed by atoms with van der Waals surface area (Å²) in [5.41, 5.74) is -7.25. The third-order valence-electron chi connectivity index (χ3n) is 2.32. The van der Waals surface area contributed by atoms with Crippen LogP contribution in [0.2, 0.25) is 0 Å². The van der Waals surface area contributed by atoms with Gasteiger partial charge in [-0.3, -0.25) is 20.2 Å². The summed E-state index contributed by atoms with van der Waals surface area (Å²) < 4.78 is 0. The van der Waals surface area contributed by atoms with Gasteiger partial charge in [0.1, 0.15) is 0 Å². The van der Waals surface area contributed by atoms with Gasteiger partial charge in [-0.2, -0.15) is 0 Å². The van der Waals surface area contributed by atoms with Gasteiger partial charge in [-0.25, -0.2) is 14.4 Å². The van der Waals surface area contributed by atoms with Crippen LogP contribution < -0.4 is 0 Å². The molecule has 21 heavy (non-hydrogen) atoms. The third kappa shape index (κ3) is 2.58. The van der Waals surface area contributed by atoms with Crippen LogP contribution in [0, 0.1) is 20.2 Å². The van der Waals surface area contributed by atoms with E-state index in [1.807, 2.05) is 0 Å². The van der Waals surface area contributed by atoms with Gasteiger partial charge in [0, 0.05) is 6.07 Å². The highest BCUT2D eigenvalue weighted by Crippen LogP contribution is 2.35. The van der Waals surface area contributed by atoms with Gasteiger partial charge in [-0.15, -0.1) is 0 Å². The van der Waals surface area contributed by atoms with E-state index in [2.05, 4.69) is 0 Å². The summed E-state index contributed by atoms with van der Waals surface area (Å²) in [6.45, 7) is 0. The SMILES string of the molecule is O=C(O)c1cc([N+](=O)[O-])c([N+](=O)[O-])c(C(=O)O)c1C(=O)O. The fourth-order valence-corrected chi connectivity index (χ4v) is 1.58. The summed E-state index contributed by atoms with van der Waals surface area (Å²) in [4.78, 5) is 51.6. The molecule has 12 heteroatoms. The van der Waals surface area contributed by atoms with E-state index in [0.29, 0.717) is 0 Å². The zero-order valence-corrected chi connectivity index (χ0v) is 9.67. The van der Waals surface area contributed by atoms with E-state index in [-0.39, 0.29) is 6.07 Å². The molecule has 0 aliphatic heterocycles. The largest absolute Gasteiger partial charge is 0.478 e. The van der Waals surface area contributed by atoms with Crippen LogP contribution in [0.5, 0.6) is 0 Å². The molecule has 3 N–H and O–H groups in total. The monoisotopic (exact) mass is 300 g/mol. The minimum absolute atomic E-state index is 0.135. The number of carboxylic acid groups (broad SMARTS) is 3. The molecule has 0 saturated heterocycles. The van der Waals surface area contributed by atoms with E-state index in [0.717, 1.165) is 0 Å². The number of rotatable bonds is 5. The van der Waals surface area contributed by atoms with Gasteiger partial charge in [0.15, 0.2) is 5.56 Å². The molecule has 12 nitrogen and oxygen atoms in total. The average Bonchev–Trinajstić information content (AvgIpc) is 2.34. The summed E-state index contributed by atoms with van der Waals surface area (Å²) >= 11 is 0. The Labute approximate surface area is 113 Å². The summed E-state index contributed by atoms with van der Waals surface area (Å²) in [5.74, 6) is -6.24. The number of nitrogens with zero attached hydrogens (tertiary/aromatic N) is 2. The van der Waals surface area contributed by atoms with Gasteiger partial charge < -0.3 is 15.3 Å². The molecule has 1 aromatic rings. The molecule has 0 spiro atoms. The maximum absolute atomic E-state index is 11.0. The van der Waals surface area contributed by atoms with Crippen LogP contribution >= 0.6 is 0 Å². The predicted molar refractivity (Wildman–Crippen MR) is 60.6 cm³/mol. The van der Waals surface area contributed by atoms with E-state index in [9.17, 15) is 34.6 Å². The Kier molecular flexibility index (Phi) is 3.83. The summed E-state index contributed by atoms with van der Waals surface area (Å²) in [6.07, 6.45) is 0. The molecule has 110 valence electrons. The molecule has 0 aromatic heterocycles. The van der Waals surface area contributed by atoms with Crippen molar-refractivity contribution in [3.8, 4) is 0 Å². The normalized spacial score (nSPS) is 9.90. The molecule has 0 aliphatic carbocycles. The van der Waals surface area contributed by atoms with Crippen molar-refractivity contribution in [1.29, 1.82) is 0 Å². The Morgan fingerprint density at radius 3 is 1.62 bits per heavy atom. The van der Waals surface area contributed by atoms with E-state index in [4.69, 9.17) is 15.3 Å². The fourth-order valence-electron chi connectivity index (χ4n) is 1.58. The number of carbonyl (C=O) groups is 3. The lowest BCUT2D eigenvalue weighted by Crippen LogP contribution is -2.18. The zero-order chi connectivity index (χ0) is 16.5. The number of hydrogen-bond donors (Lipinski definition) is 3. The quantitative estimate of drug-likeness (QED) is 0.510. The number of nitro benzene ring substituents is 2. The van der Waals surface area contributed by atoms with Crippen molar-refractivity contribution in [3.63, 3.8) is 0 Å². The van der Waals surface area contributed by atoms with Crippen LogP contribution in [0.15, 0.2) is 6.07 Å². The Morgan fingerprint density at radius 1 is 0.857 bits per heavy atom. The first-order valence-corrected chi connectivity index (χ1v) is 4.79. The number of hydrogen-bond acceptors (Lipinski definition) is 7. The molecule has 0 heterocycles. The molecule has 0 amide bonds. The van der Waals surface area contributed by atoms with Crippen LogP contribution in [0.4, 0.5) is 11.4 Å². The minimum Gasteiger partial charge on any atom is -0.478 e. The Bertz CT molecular complexity index is 657. The minimum atomic E-state index is -2.18. The first kappa shape index (κ1) is 15.5. The highest BCUT2D eigenvalue weighted by Gasteiger charge is 2.40. The van der Waals surface area contributed by atoms with Crippen molar-refractivity contribution in [2.75, 3.05) is 0 Å². The van der Waals surface area contributed by atoms with Crippen LogP contribution in [-0.2, 0) is 0 Å². The molecule has 0 radical (unpaired) electrons.